The third-order valence-electron chi connectivity index (χ3n) is 18.6. The van der Waals surface area contributed by atoms with Crippen LogP contribution in [0.15, 0.2) is 60.8 Å². The standard InChI is InChI=1S/C75H135NO18/c1-3-5-7-9-11-13-15-17-19-21-23-25-26-27-28-29-30-31-32-33-35-37-39-41-43-45-47-49-51-53-63(81)76-58(59(80)52-50-48-46-44-42-40-38-36-34-24-22-20-18-16-14-12-10-8-6-4-2)57-89-73-69(87)66(84)71(61(55-78)91-73)94-75-70(88)67(85)72(62(56-79)92-75)93-74-68(86)65(83)64(82)60(54-77)90-74/h5,7,11,13,17,19,23,25,50,52,58-62,64-75,77-80,82-88H,3-4,6,8-10,12,14-16,18,20-22,24,26-49,51,53-57H2,1-2H3,(H,76,81)/b7-5-,13-11-,19-17-,25-23-,52-50+. The third kappa shape index (κ3) is 37.1. The van der Waals surface area contributed by atoms with E-state index in [1.54, 1.807) is 6.08 Å². The Morgan fingerprint density at radius 2 is 0.734 bits per heavy atom. The van der Waals surface area contributed by atoms with Crippen LogP contribution in [-0.4, -0.2) is 193 Å². The van der Waals surface area contributed by atoms with Crippen LogP contribution in [0.3, 0.4) is 0 Å². The van der Waals surface area contributed by atoms with Gasteiger partial charge in [-0.05, 0) is 57.8 Å². The van der Waals surface area contributed by atoms with E-state index in [2.05, 4.69) is 67.8 Å². The summed E-state index contributed by atoms with van der Waals surface area (Å²) in [6.45, 7) is 1.65. The molecule has 0 bridgehead atoms. The molecule has 17 unspecified atom stereocenters. The SMILES string of the molecule is CC/C=C\C/C=C\C/C=C\C/C=C\CCCCCCCCCCCCCCCCCCC(=O)NC(COC1OC(CO)C(OC2OC(CO)C(OC3OC(CO)C(O)C(O)C3O)C(O)C2O)C(O)C1O)C(O)/C=C/CCCCCCCCCCCCCCCCCCCC. The molecule has 19 nitrogen and oxygen atoms in total. The van der Waals surface area contributed by atoms with Crippen molar-refractivity contribution in [2.24, 2.45) is 0 Å². The summed E-state index contributed by atoms with van der Waals surface area (Å²) in [7, 11) is 0. The average molecular weight is 1340 g/mol. The molecule has 0 saturated carbocycles. The van der Waals surface area contributed by atoms with Gasteiger partial charge in [0, 0.05) is 6.42 Å². The van der Waals surface area contributed by atoms with E-state index in [4.69, 9.17) is 28.4 Å². The molecule has 3 aliphatic rings. The summed E-state index contributed by atoms with van der Waals surface area (Å²) in [6.07, 6.45) is 43.3. The summed E-state index contributed by atoms with van der Waals surface area (Å²) < 4.78 is 34.4. The van der Waals surface area contributed by atoms with Gasteiger partial charge in [0.1, 0.15) is 73.2 Å². The Labute approximate surface area is 566 Å². The van der Waals surface area contributed by atoms with E-state index in [-0.39, 0.29) is 18.9 Å². The fourth-order valence-electron chi connectivity index (χ4n) is 12.5. The zero-order chi connectivity index (χ0) is 68.2. The fourth-order valence-corrected chi connectivity index (χ4v) is 12.5. The number of carbonyl (C=O) groups excluding carboxylic acids is 1. The average Bonchev–Trinajstić information content (AvgIpc) is 0.787. The van der Waals surface area contributed by atoms with Crippen molar-refractivity contribution < 1.29 is 89.4 Å². The lowest BCUT2D eigenvalue weighted by Gasteiger charge is -2.48. The highest BCUT2D eigenvalue weighted by atomic mass is 16.8. The van der Waals surface area contributed by atoms with Gasteiger partial charge in [0.05, 0.1) is 38.6 Å². The fraction of sp³-hybridized carbons (Fsp3) is 0.853. The molecular formula is C75H135NO18. The lowest BCUT2D eigenvalue weighted by atomic mass is 9.96. The molecule has 94 heavy (non-hydrogen) atoms. The lowest BCUT2D eigenvalue weighted by Crippen LogP contribution is -2.66. The largest absolute Gasteiger partial charge is 0.394 e. The van der Waals surface area contributed by atoms with Gasteiger partial charge in [-0.3, -0.25) is 4.79 Å². The first-order valence-electron chi connectivity index (χ1n) is 37.5. The van der Waals surface area contributed by atoms with E-state index in [0.29, 0.717) is 6.42 Å². The molecule has 0 aromatic carbocycles. The maximum atomic E-state index is 13.4. The second kappa shape index (κ2) is 56.3. The van der Waals surface area contributed by atoms with Gasteiger partial charge in [-0.2, -0.15) is 0 Å². The molecule has 0 radical (unpaired) electrons. The molecule has 19 heteroatoms. The summed E-state index contributed by atoms with van der Waals surface area (Å²) in [5.41, 5.74) is 0. The molecule has 3 heterocycles. The maximum absolute atomic E-state index is 13.4. The maximum Gasteiger partial charge on any atom is 0.220 e. The van der Waals surface area contributed by atoms with Crippen LogP contribution in [-0.2, 0) is 33.2 Å². The summed E-state index contributed by atoms with van der Waals surface area (Å²) in [6, 6.07) is -0.975. The number of hydrogen-bond acceptors (Lipinski definition) is 18. The topological polar surface area (TPSA) is 307 Å². The van der Waals surface area contributed by atoms with Crippen LogP contribution in [0.4, 0.5) is 0 Å². The Hall–Kier alpha value is -2.51. The number of hydrogen-bond donors (Lipinski definition) is 12. The van der Waals surface area contributed by atoms with Gasteiger partial charge in [-0.1, -0.05) is 274 Å². The number of unbranched alkanes of at least 4 members (excludes halogenated alkanes) is 34. The zero-order valence-electron chi connectivity index (χ0n) is 58.2. The number of allylic oxidation sites excluding steroid dienone is 9. The van der Waals surface area contributed by atoms with Crippen molar-refractivity contribution >= 4 is 5.91 Å². The summed E-state index contributed by atoms with van der Waals surface area (Å²) in [5, 5.41) is 121. The molecule has 17 atom stereocenters. The Morgan fingerprint density at radius 3 is 1.15 bits per heavy atom. The molecule has 0 aromatic heterocycles. The van der Waals surface area contributed by atoms with E-state index in [9.17, 15) is 61.0 Å². The van der Waals surface area contributed by atoms with Gasteiger partial charge in [-0.15, -0.1) is 0 Å². The van der Waals surface area contributed by atoms with Crippen LogP contribution in [0.2, 0.25) is 0 Å². The lowest BCUT2D eigenvalue weighted by molar-refractivity contribution is -0.379. The quantitative estimate of drug-likeness (QED) is 0.0199. The first-order valence-corrected chi connectivity index (χ1v) is 37.5. The van der Waals surface area contributed by atoms with E-state index >= 15 is 0 Å². The molecule has 0 aromatic rings. The smallest absolute Gasteiger partial charge is 0.220 e. The first kappa shape index (κ1) is 85.7. The van der Waals surface area contributed by atoms with Crippen molar-refractivity contribution in [1.82, 2.24) is 5.32 Å². The van der Waals surface area contributed by atoms with Gasteiger partial charge in [-0.25, -0.2) is 0 Å². The van der Waals surface area contributed by atoms with Crippen LogP contribution in [0.1, 0.15) is 277 Å². The summed E-state index contributed by atoms with van der Waals surface area (Å²) in [5.74, 6) is -0.274. The van der Waals surface area contributed by atoms with E-state index in [0.717, 1.165) is 70.6 Å². The second-order valence-electron chi connectivity index (χ2n) is 26.7. The van der Waals surface area contributed by atoms with Crippen molar-refractivity contribution in [1.29, 1.82) is 0 Å². The predicted molar refractivity (Wildman–Crippen MR) is 369 cm³/mol. The van der Waals surface area contributed by atoms with Gasteiger partial charge >= 0.3 is 0 Å². The van der Waals surface area contributed by atoms with Crippen LogP contribution in [0, 0.1) is 0 Å². The first-order chi connectivity index (χ1) is 45.8. The molecule has 3 saturated heterocycles. The van der Waals surface area contributed by atoms with Gasteiger partial charge < -0.3 is 89.9 Å². The summed E-state index contributed by atoms with van der Waals surface area (Å²) in [4.78, 5) is 13.4. The van der Waals surface area contributed by atoms with Gasteiger partial charge in [0.25, 0.3) is 0 Å². The Balaban J connectivity index is 1.39. The van der Waals surface area contributed by atoms with E-state index in [1.165, 1.54) is 180 Å². The molecule has 0 spiro atoms. The minimum absolute atomic E-state index is 0.243. The zero-order valence-corrected chi connectivity index (χ0v) is 58.2. The number of aliphatic hydroxyl groups is 11. The number of nitrogens with one attached hydrogen (secondary N) is 1. The number of aliphatic hydroxyl groups excluding tert-OH is 11. The Morgan fingerprint density at radius 1 is 0.394 bits per heavy atom. The molecule has 0 aliphatic carbocycles. The predicted octanol–water partition coefficient (Wildman–Crippen LogP) is 11.1. The number of amides is 1. The van der Waals surface area contributed by atoms with Crippen LogP contribution >= 0.6 is 0 Å². The highest BCUT2D eigenvalue weighted by molar-refractivity contribution is 5.76. The van der Waals surface area contributed by atoms with E-state index < -0.39 is 124 Å². The molecule has 1 amide bonds. The molecule has 548 valence electrons. The highest BCUT2D eigenvalue weighted by Gasteiger charge is 2.53. The normalized spacial score (nSPS) is 27.7. The minimum atomic E-state index is -1.98. The number of carbonyl (C=O) groups is 1. The molecule has 3 rings (SSSR count). The van der Waals surface area contributed by atoms with Crippen molar-refractivity contribution in [3.8, 4) is 0 Å². The van der Waals surface area contributed by atoms with Crippen molar-refractivity contribution in [3.05, 3.63) is 60.8 Å². The van der Waals surface area contributed by atoms with Crippen LogP contribution in [0.5, 0.6) is 0 Å². The Kier molecular flexibility index (Phi) is 51.3. The third-order valence-corrected chi connectivity index (χ3v) is 18.6. The second-order valence-corrected chi connectivity index (χ2v) is 26.7. The molecule has 3 fully saturated rings. The van der Waals surface area contributed by atoms with E-state index in [1.807, 2.05) is 6.08 Å². The minimum Gasteiger partial charge on any atom is -0.394 e. The van der Waals surface area contributed by atoms with Crippen molar-refractivity contribution in [3.63, 3.8) is 0 Å². The van der Waals surface area contributed by atoms with Crippen LogP contribution < -0.4 is 5.32 Å². The van der Waals surface area contributed by atoms with Crippen LogP contribution in [0.25, 0.3) is 0 Å². The molecular weight excluding hydrogens is 1200 g/mol. The highest BCUT2D eigenvalue weighted by Crippen LogP contribution is 2.33. The molecule has 3 aliphatic heterocycles. The number of ether oxygens (including phenoxy) is 6. The van der Waals surface area contributed by atoms with Crippen molar-refractivity contribution in [2.75, 3.05) is 26.4 Å². The monoisotopic (exact) mass is 1340 g/mol. The molecule has 12 N–H and O–H groups in total. The number of rotatable bonds is 58. The van der Waals surface area contributed by atoms with Gasteiger partial charge in [0.15, 0.2) is 18.9 Å². The van der Waals surface area contributed by atoms with Gasteiger partial charge in [0.2, 0.25) is 5.91 Å². The Bertz CT molecular complexity index is 1940. The van der Waals surface area contributed by atoms with Crippen molar-refractivity contribution in [2.45, 2.75) is 381 Å². The summed E-state index contributed by atoms with van der Waals surface area (Å²) >= 11 is 0.